The summed E-state index contributed by atoms with van der Waals surface area (Å²) < 4.78 is 5.95. The minimum absolute atomic E-state index is 0.101. The highest BCUT2D eigenvalue weighted by molar-refractivity contribution is 9.10. The van der Waals surface area contributed by atoms with Gasteiger partial charge in [-0.3, -0.25) is 0 Å². The van der Waals surface area contributed by atoms with Crippen molar-refractivity contribution in [1.82, 2.24) is 5.32 Å². The van der Waals surface area contributed by atoms with Crippen LogP contribution in [0.3, 0.4) is 0 Å². The number of halogens is 1. The van der Waals surface area contributed by atoms with Gasteiger partial charge in [0.15, 0.2) is 0 Å². The van der Waals surface area contributed by atoms with E-state index in [0.717, 1.165) is 15.6 Å². The summed E-state index contributed by atoms with van der Waals surface area (Å²) in [5.41, 5.74) is 1.65. The molecule has 110 valence electrons. The number of benzene rings is 2. The molecule has 1 atom stereocenters. The van der Waals surface area contributed by atoms with Crippen LogP contribution >= 0.6 is 15.9 Å². The van der Waals surface area contributed by atoms with Crippen molar-refractivity contribution in [2.75, 3.05) is 6.54 Å². The molecule has 0 aliphatic heterocycles. The molecule has 21 heavy (non-hydrogen) atoms. The zero-order chi connectivity index (χ0) is 15.1. The highest BCUT2D eigenvalue weighted by atomic mass is 79.9. The number of hydrogen-bond donors (Lipinski definition) is 2. The summed E-state index contributed by atoms with van der Waals surface area (Å²) in [6.45, 7) is 0.309. The van der Waals surface area contributed by atoms with Crippen LogP contribution in [0.25, 0.3) is 0 Å². The Morgan fingerprint density at radius 3 is 2.67 bits per heavy atom. The molecule has 0 radical (unpaired) electrons. The Balaban J connectivity index is 1.76. The Labute approximate surface area is 131 Å². The SMILES string of the molecule is O=C(NC[C@@H](O)c1cccc(Br)c1)OCc1ccccc1. The zero-order valence-corrected chi connectivity index (χ0v) is 12.9. The molecule has 0 bridgehead atoms. The molecule has 0 aromatic heterocycles. The Morgan fingerprint density at radius 1 is 1.19 bits per heavy atom. The molecule has 2 rings (SSSR count). The fraction of sp³-hybridized carbons (Fsp3) is 0.188. The lowest BCUT2D eigenvalue weighted by atomic mass is 10.1. The van der Waals surface area contributed by atoms with Gasteiger partial charge in [-0.1, -0.05) is 58.4 Å². The molecule has 0 heterocycles. The molecular weight excluding hydrogens is 334 g/mol. The van der Waals surface area contributed by atoms with Crippen LogP contribution < -0.4 is 5.32 Å². The van der Waals surface area contributed by atoms with Gasteiger partial charge < -0.3 is 15.2 Å². The first kappa shape index (κ1) is 15.5. The van der Waals surface area contributed by atoms with E-state index in [1.54, 1.807) is 6.07 Å². The maximum absolute atomic E-state index is 11.6. The van der Waals surface area contributed by atoms with E-state index in [0.29, 0.717) is 0 Å². The van der Waals surface area contributed by atoms with Crippen LogP contribution in [0.5, 0.6) is 0 Å². The van der Waals surface area contributed by atoms with E-state index in [1.165, 1.54) is 0 Å². The Bertz CT molecular complexity index is 589. The number of aliphatic hydroxyl groups is 1. The van der Waals surface area contributed by atoms with Gasteiger partial charge >= 0.3 is 6.09 Å². The monoisotopic (exact) mass is 349 g/mol. The highest BCUT2D eigenvalue weighted by Crippen LogP contribution is 2.17. The van der Waals surface area contributed by atoms with Gasteiger partial charge in [0, 0.05) is 4.47 Å². The van der Waals surface area contributed by atoms with Gasteiger partial charge in [0.2, 0.25) is 0 Å². The van der Waals surface area contributed by atoms with E-state index in [-0.39, 0.29) is 13.2 Å². The smallest absolute Gasteiger partial charge is 0.407 e. The summed E-state index contributed by atoms with van der Waals surface area (Å²) in [4.78, 5) is 11.6. The molecule has 5 heteroatoms. The quantitative estimate of drug-likeness (QED) is 0.869. The second kappa shape index (κ2) is 7.81. The van der Waals surface area contributed by atoms with E-state index in [2.05, 4.69) is 21.2 Å². The van der Waals surface area contributed by atoms with Gasteiger partial charge in [0.05, 0.1) is 12.6 Å². The normalized spacial score (nSPS) is 11.7. The average molecular weight is 350 g/mol. The molecule has 0 fully saturated rings. The number of hydrogen-bond acceptors (Lipinski definition) is 3. The largest absolute Gasteiger partial charge is 0.445 e. The first-order valence-electron chi connectivity index (χ1n) is 6.53. The second-order valence-electron chi connectivity index (χ2n) is 4.51. The van der Waals surface area contributed by atoms with Crippen molar-refractivity contribution in [3.05, 3.63) is 70.2 Å². The van der Waals surface area contributed by atoms with Gasteiger partial charge in [0.25, 0.3) is 0 Å². The van der Waals surface area contributed by atoms with Crippen molar-refractivity contribution >= 4 is 22.0 Å². The van der Waals surface area contributed by atoms with Crippen LogP contribution in [-0.4, -0.2) is 17.7 Å². The molecule has 0 saturated heterocycles. The molecule has 2 aromatic rings. The summed E-state index contributed by atoms with van der Waals surface area (Å²) >= 11 is 3.34. The lowest BCUT2D eigenvalue weighted by Crippen LogP contribution is -2.28. The van der Waals surface area contributed by atoms with Crippen LogP contribution in [0.4, 0.5) is 4.79 Å². The molecule has 0 spiro atoms. The Hall–Kier alpha value is -1.85. The number of rotatable bonds is 5. The number of aliphatic hydroxyl groups excluding tert-OH is 1. The minimum Gasteiger partial charge on any atom is -0.445 e. The van der Waals surface area contributed by atoms with Crippen molar-refractivity contribution in [3.8, 4) is 0 Å². The van der Waals surface area contributed by atoms with Crippen LogP contribution in [0, 0.1) is 0 Å². The van der Waals surface area contributed by atoms with Gasteiger partial charge in [-0.25, -0.2) is 4.79 Å². The Morgan fingerprint density at radius 2 is 1.95 bits per heavy atom. The molecule has 0 aliphatic carbocycles. The maximum Gasteiger partial charge on any atom is 0.407 e. The summed E-state index contributed by atoms with van der Waals surface area (Å²) in [7, 11) is 0. The third kappa shape index (κ3) is 5.21. The molecule has 2 N–H and O–H groups in total. The van der Waals surface area contributed by atoms with Gasteiger partial charge in [0.1, 0.15) is 6.61 Å². The standard InChI is InChI=1S/C16H16BrNO3/c17-14-8-4-7-13(9-14)15(19)10-18-16(20)21-11-12-5-2-1-3-6-12/h1-9,15,19H,10-11H2,(H,18,20)/t15-/m1/s1. The number of carbonyl (C=O) groups excluding carboxylic acids is 1. The minimum atomic E-state index is -0.772. The lowest BCUT2D eigenvalue weighted by Gasteiger charge is -2.12. The fourth-order valence-electron chi connectivity index (χ4n) is 1.79. The first-order valence-corrected chi connectivity index (χ1v) is 7.32. The third-order valence-corrected chi connectivity index (χ3v) is 3.38. The zero-order valence-electron chi connectivity index (χ0n) is 11.3. The molecule has 0 unspecified atom stereocenters. The van der Waals surface area contributed by atoms with Crippen LogP contribution in [-0.2, 0) is 11.3 Å². The molecule has 1 amide bonds. The van der Waals surface area contributed by atoms with Crippen molar-refractivity contribution in [2.45, 2.75) is 12.7 Å². The van der Waals surface area contributed by atoms with Gasteiger partial charge in [-0.15, -0.1) is 0 Å². The number of ether oxygens (including phenoxy) is 1. The molecule has 0 aliphatic rings. The van der Waals surface area contributed by atoms with E-state index in [9.17, 15) is 9.90 Å². The molecule has 0 saturated carbocycles. The van der Waals surface area contributed by atoms with Crippen molar-refractivity contribution < 1.29 is 14.6 Å². The Kier molecular flexibility index (Phi) is 5.78. The number of alkyl carbamates (subject to hydrolysis) is 1. The van der Waals surface area contributed by atoms with Crippen LogP contribution in [0.1, 0.15) is 17.2 Å². The van der Waals surface area contributed by atoms with E-state index < -0.39 is 12.2 Å². The summed E-state index contributed by atoms with van der Waals surface area (Å²) in [5.74, 6) is 0. The predicted octanol–water partition coefficient (Wildman–Crippen LogP) is 3.41. The van der Waals surface area contributed by atoms with Crippen LogP contribution in [0.15, 0.2) is 59.1 Å². The number of carbonyl (C=O) groups is 1. The molecule has 4 nitrogen and oxygen atoms in total. The summed E-state index contributed by atoms with van der Waals surface area (Å²) in [6, 6.07) is 16.7. The van der Waals surface area contributed by atoms with Crippen molar-refractivity contribution in [2.24, 2.45) is 0 Å². The lowest BCUT2D eigenvalue weighted by molar-refractivity contribution is 0.126. The highest BCUT2D eigenvalue weighted by Gasteiger charge is 2.10. The number of amides is 1. The second-order valence-corrected chi connectivity index (χ2v) is 5.43. The summed E-state index contributed by atoms with van der Waals surface area (Å²) in [5, 5.41) is 12.5. The van der Waals surface area contributed by atoms with E-state index >= 15 is 0 Å². The maximum atomic E-state index is 11.6. The van der Waals surface area contributed by atoms with E-state index in [1.807, 2.05) is 48.5 Å². The number of nitrogens with one attached hydrogen (secondary N) is 1. The predicted molar refractivity (Wildman–Crippen MR) is 83.7 cm³/mol. The van der Waals surface area contributed by atoms with Crippen LogP contribution in [0.2, 0.25) is 0 Å². The van der Waals surface area contributed by atoms with E-state index in [4.69, 9.17) is 4.74 Å². The summed E-state index contributed by atoms with van der Waals surface area (Å²) in [6.07, 6.45) is -1.32. The average Bonchev–Trinajstić information content (AvgIpc) is 2.51. The third-order valence-electron chi connectivity index (χ3n) is 2.89. The van der Waals surface area contributed by atoms with Gasteiger partial charge in [-0.2, -0.15) is 0 Å². The first-order chi connectivity index (χ1) is 10.1. The van der Waals surface area contributed by atoms with Gasteiger partial charge in [-0.05, 0) is 23.3 Å². The van der Waals surface area contributed by atoms with Crippen molar-refractivity contribution in [1.29, 1.82) is 0 Å². The molecular formula is C16H16BrNO3. The topological polar surface area (TPSA) is 58.6 Å². The fourth-order valence-corrected chi connectivity index (χ4v) is 2.20. The molecule has 2 aromatic carbocycles. The van der Waals surface area contributed by atoms with Crippen molar-refractivity contribution in [3.63, 3.8) is 0 Å².